The van der Waals surface area contributed by atoms with Crippen LogP contribution in [0.3, 0.4) is 0 Å². The summed E-state index contributed by atoms with van der Waals surface area (Å²) in [6.45, 7) is 1.74. The molecule has 2 aliphatic rings. The Kier molecular flexibility index (Phi) is 2.34. The molecule has 2 N–H and O–H groups in total. The number of hydrogen-bond acceptors (Lipinski definition) is 3. The zero-order valence-corrected chi connectivity index (χ0v) is 8.59. The summed E-state index contributed by atoms with van der Waals surface area (Å²) in [5, 5.41) is 12.0. The van der Waals surface area contributed by atoms with Crippen molar-refractivity contribution >= 4 is 11.8 Å². The van der Waals surface area contributed by atoms with E-state index in [-0.39, 0.29) is 12.2 Å². The standard InChI is InChI=1S/C11H13NO3/c1-6-7(11(14)15)5-8-9(12-6)3-2-4-10(8)13/h12H,2-5H2,1H3,(H,14,15). The topological polar surface area (TPSA) is 66.4 Å². The Bertz CT molecular complexity index is 404. The number of rotatable bonds is 1. The Morgan fingerprint density at radius 1 is 1.40 bits per heavy atom. The number of aliphatic carboxylic acids is 1. The summed E-state index contributed by atoms with van der Waals surface area (Å²) in [6, 6.07) is 0. The molecule has 4 nitrogen and oxygen atoms in total. The lowest BCUT2D eigenvalue weighted by molar-refractivity contribution is -0.132. The molecule has 0 bridgehead atoms. The molecule has 0 saturated heterocycles. The van der Waals surface area contributed by atoms with Crippen LogP contribution in [0.1, 0.15) is 32.6 Å². The molecule has 1 aliphatic carbocycles. The van der Waals surface area contributed by atoms with Crippen molar-refractivity contribution in [3.8, 4) is 0 Å². The second kappa shape index (κ2) is 3.53. The highest BCUT2D eigenvalue weighted by Gasteiger charge is 2.28. The van der Waals surface area contributed by atoms with E-state index in [1.54, 1.807) is 6.92 Å². The molecular weight excluding hydrogens is 194 g/mol. The third kappa shape index (κ3) is 1.67. The number of carbonyl (C=O) groups excluding carboxylic acids is 1. The molecule has 0 radical (unpaired) electrons. The van der Waals surface area contributed by atoms with Crippen LogP contribution in [0.15, 0.2) is 22.5 Å². The average molecular weight is 207 g/mol. The number of ketones is 1. The third-order valence-electron chi connectivity index (χ3n) is 2.93. The highest BCUT2D eigenvalue weighted by Crippen LogP contribution is 2.30. The summed E-state index contributed by atoms with van der Waals surface area (Å²) in [5.74, 6) is -0.847. The van der Waals surface area contributed by atoms with Crippen molar-refractivity contribution in [2.75, 3.05) is 0 Å². The van der Waals surface area contributed by atoms with Gasteiger partial charge in [0.2, 0.25) is 0 Å². The summed E-state index contributed by atoms with van der Waals surface area (Å²) in [7, 11) is 0. The second-order valence-corrected chi connectivity index (χ2v) is 3.94. The number of nitrogens with one attached hydrogen (secondary N) is 1. The van der Waals surface area contributed by atoms with Crippen LogP contribution in [0.4, 0.5) is 0 Å². The number of Topliss-reactive ketones (excluding diaryl/α,β-unsaturated/α-hetero) is 1. The molecule has 80 valence electrons. The Morgan fingerprint density at radius 2 is 2.13 bits per heavy atom. The molecule has 0 unspecified atom stereocenters. The van der Waals surface area contributed by atoms with Gasteiger partial charge in [-0.15, -0.1) is 0 Å². The van der Waals surface area contributed by atoms with Gasteiger partial charge in [0, 0.05) is 29.8 Å². The smallest absolute Gasteiger partial charge is 0.333 e. The lowest BCUT2D eigenvalue weighted by atomic mass is 9.87. The number of hydrogen-bond donors (Lipinski definition) is 2. The van der Waals surface area contributed by atoms with E-state index in [0.29, 0.717) is 23.3 Å². The highest BCUT2D eigenvalue weighted by molar-refractivity contribution is 6.00. The molecule has 2 rings (SSSR count). The Hall–Kier alpha value is -1.58. The summed E-state index contributed by atoms with van der Waals surface area (Å²) in [6.07, 6.45) is 2.54. The maximum atomic E-state index is 11.6. The molecule has 1 heterocycles. The lowest BCUT2D eigenvalue weighted by Gasteiger charge is -2.26. The first kappa shape index (κ1) is 9.96. The molecule has 0 aromatic rings. The number of dihydropyridines is 1. The third-order valence-corrected chi connectivity index (χ3v) is 2.93. The van der Waals surface area contributed by atoms with Gasteiger partial charge < -0.3 is 10.4 Å². The van der Waals surface area contributed by atoms with Crippen molar-refractivity contribution in [2.24, 2.45) is 0 Å². The molecule has 0 spiro atoms. The predicted octanol–water partition coefficient (Wildman–Crippen LogP) is 1.35. The lowest BCUT2D eigenvalue weighted by Crippen LogP contribution is -2.28. The minimum absolute atomic E-state index is 0.0926. The summed E-state index contributed by atoms with van der Waals surface area (Å²) >= 11 is 0. The van der Waals surface area contributed by atoms with Crippen LogP contribution in [-0.4, -0.2) is 16.9 Å². The van der Waals surface area contributed by atoms with E-state index in [9.17, 15) is 9.59 Å². The van der Waals surface area contributed by atoms with E-state index in [4.69, 9.17) is 5.11 Å². The van der Waals surface area contributed by atoms with Crippen LogP contribution in [0.25, 0.3) is 0 Å². The highest BCUT2D eigenvalue weighted by atomic mass is 16.4. The molecule has 0 fully saturated rings. The minimum Gasteiger partial charge on any atom is -0.478 e. The first-order valence-corrected chi connectivity index (χ1v) is 5.05. The monoisotopic (exact) mass is 207 g/mol. The largest absolute Gasteiger partial charge is 0.478 e. The van der Waals surface area contributed by atoms with Crippen LogP contribution in [0, 0.1) is 0 Å². The molecule has 0 amide bonds. The van der Waals surface area contributed by atoms with E-state index >= 15 is 0 Å². The zero-order chi connectivity index (χ0) is 11.0. The normalized spacial score (nSPS) is 21.3. The molecule has 4 heteroatoms. The molecule has 1 aliphatic heterocycles. The van der Waals surface area contributed by atoms with E-state index < -0.39 is 5.97 Å². The van der Waals surface area contributed by atoms with Gasteiger partial charge in [-0.3, -0.25) is 4.79 Å². The van der Waals surface area contributed by atoms with Gasteiger partial charge in [0.1, 0.15) is 0 Å². The number of allylic oxidation sites excluding steroid dienone is 3. The van der Waals surface area contributed by atoms with E-state index in [1.807, 2.05) is 0 Å². The van der Waals surface area contributed by atoms with Crippen molar-refractivity contribution < 1.29 is 14.7 Å². The average Bonchev–Trinajstić information content (AvgIpc) is 2.16. The van der Waals surface area contributed by atoms with E-state index in [1.165, 1.54) is 0 Å². The Morgan fingerprint density at radius 3 is 2.80 bits per heavy atom. The van der Waals surface area contributed by atoms with Crippen molar-refractivity contribution in [3.63, 3.8) is 0 Å². The number of carbonyl (C=O) groups is 2. The van der Waals surface area contributed by atoms with Crippen LogP contribution >= 0.6 is 0 Å². The van der Waals surface area contributed by atoms with Gasteiger partial charge in [-0.2, -0.15) is 0 Å². The van der Waals surface area contributed by atoms with Crippen LogP contribution in [-0.2, 0) is 9.59 Å². The molecule has 0 aromatic heterocycles. The maximum absolute atomic E-state index is 11.6. The van der Waals surface area contributed by atoms with Crippen molar-refractivity contribution in [1.82, 2.24) is 5.32 Å². The first-order valence-electron chi connectivity index (χ1n) is 5.05. The Balaban J connectivity index is 2.32. The van der Waals surface area contributed by atoms with E-state index in [2.05, 4.69) is 5.32 Å². The SMILES string of the molecule is CC1=C(C(=O)O)CC2=C(CCCC2=O)N1. The van der Waals surface area contributed by atoms with Gasteiger partial charge in [0.15, 0.2) is 5.78 Å². The molecular formula is C11H13NO3. The van der Waals surface area contributed by atoms with Crippen LogP contribution in [0.2, 0.25) is 0 Å². The van der Waals surface area contributed by atoms with Gasteiger partial charge in [0.05, 0.1) is 5.57 Å². The number of carboxylic acids is 1. The van der Waals surface area contributed by atoms with Gasteiger partial charge in [0.25, 0.3) is 0 Å². The summed E-state index contributed by atoms with van der Waals surface area (Å²) in [5.41, 5.74) is 2.57. The molecule has 0 atom stereocenters. The fourth-order valence-electron chi connectivity index (χ4n) is 2.09. The van der Waals surface area contributed by atoms with Crippen molar-refractivity contribution in [3.05, 3.63) is 22.5 Å². The second-order valence-electron chi connectivity index (χ2n) is 3.94. The van der Waals surface area contributed by atoms with Gasteiger partial charge in [-0.25, -0.2) is 4.79 Å². The van der Waals surface area contributed by atoms with Gasteiger partial charge in [-0.05, 0) is 19.8 Å². The van der Waals surface area contributed by atoms with E-state index in [0.717, 1.165) is 18.5 Å². The molecule has 15 heavy (non-hydrogen) atoms. The zero-order valence-electron chi connectivity index (χ0n) is 8.59. The summed E-state index contributed by atoms with van der Waals surface area (Å²) in [4.78, 5) is 22.5. The summed E-state index contributed by atoms with van der Waals surface area (Å²) < 4.78 is 0. The van der Waals surface area contributed by atoms with Crippen LogP contribution < -0.4 is 5.32 Å². The first-order chi connectivity index (χ1) is 7.09. The van der Waals surface area contributed by atoms with Crippen LogP contribution in [0.5, 0.6) is 0 Å². The van der Waals surface area contributed by atoms with Crippen molar-refractivity contribution in [1.29, 1.82) is 0 Å². The minimum atomic E-state index is -0.940. The van der Waals surface area contributed by atoms with Crippen molar-refractivity contribution in [2.45, 2.75) is 32.6 Å². The predicted molar refractivity (Wildman–Crippen MR) is 54.0 cm³/mol. The quantitative estimate of drug-likeness (QED) is 0.681. The fraction of sp³-hybridized carbons (Fsp3) is 0.455. The fourth-order valence-corrected chi connectivity index (χ4v) is 2.09. The number of carboxylic acid groups (broad SMARTS) is 1. The van der Waals surface area contributed by atoms with Gasteiger partial charge >= 0.3 is 5.97 Å². The molecule has 0 aromatic carbocycles. The maximum Gasteiger partial charge on any atom is 0.333 e. The molecule has 0 saturated carbocycles. The Labute approximate surface area is 87.7 Å². The van der Waals surface area contributed by atoms with Gasteiger partial charge in [-0.1, -0.05) is 0 Å².